The Kier molecular flexibility index (Phi) is 6.28. The molecule has 0 aliphatic heterocycles. The van der Waals surface area contributed by atoms with Crippen LogP contribution in [-0.4, -0.2) is 47.3 Å². The molecule has 5 aromatic rings. The van der Waals surface area contributed by atoms with Crippen LogP contribution in [0.5, 0.6) is 11.6 Å². The first kappa shape index (κ1) is 26.4. The Bertz CT molecular complexity index is 1820. The van der Waals surface area contributed by atoms with Crippen LogP contribution in [0.2, 0.25) is 0 Å². The number of carbonyl (C=O) groups excluding carboxylic acids is 2. The van der Waals surface area contributed by atoms with Crippen LogP contribution in [0.1, 0.15) is 36.8 Å². The van der Waals surface area contributed by atoms with Crippen molar-refractivity contribution < 1.29 is 32.2 Å². The molecular weight excluding hydrogens is 535 g/mol. The average Bonchev–Trinajstić information content (AvgIpc) is 3.44. The second-order valence-corrected chi connectivity index (χ2v) is 9.53. The van der Waals surface area contributed by atoms with Crippen LogP contribution in [0.3, 0.4) is 0 Å². The van der Waals surface area contributed by atoms with Gasteiger partial charge in [-0.15, -0.1) is 0 Å². The maximum atomic E-state index is 13.4. The number of halogens is 3. The normalized spacial score (nSPS) is 12.1. The van der Waals surface area contributed by atoms with Gasteiger partial charge in [0.25, 0.3) is 5.91 Å². The van der Waals surface area contributed by atoms with E-state index in [4.69, 9.17) is 9.47 Å². The molecule has 15 heteroatoms. The van der Waals surface area contributed by atoms with Crippen molar-refractivity contribution in [1.29, 1.82) is 0 Å². The first-order valence-electron chi connectivity index (χ1n) is 11.6. The fourth-order valence-electron chi connectivity index (χ4n) is 3.72. The van der Waals surface area contributed by atoms with Gasteiger partial charge in [-0.2, -0.15) is 27.9 Å². The number of alkyl halides is 3. The van der Waals surface area contributed by atoms with Gasteiger partial charge < -0.3 is 14.8 Å². The van der Waals surface area contributed by atoms with Crippen molar-refractivity contribution in [3.63, 3.8) is 0 Å². The van der Waals surface area contributed by atoms with Crippen molar-refractivity contribution in [3.8, 4) is 11.6 Å². The van der Waals surface area contributed by atoms with E-state index in [-0.39, 0.29) is 33.6 Å². The Morgan fingerprint density at radius 2 is 1.73 bits per heavy atom. The van der Waals surface area contributed by atoms with E-state index in [2.05, 4.69) is 30.4 Å². The topological polar surface area (TPSA) is 157 Å². The maximum Gasteiger partial charge on any atom is 0.435 e. The third-order valence-electron chi connectivity index (χ3n) is 5.40. The summed E-state index contributed by atoms with van der Waals surface area (Å²) in [6.07, 6.45) is -4.43. The molecule has 206 valence electrons. The lowest BCUT2D eigenvalue weighted by Gasteiger charge is -2.19. The van der Waals surface area contributed by atoms with Crippen LogP contribution in [0, 0.1) is 0 Å². The second-order valence-electron chi connectivity index (χ2n) is 9.53. The smallest absolute Gasteiger partial charge is 0.435 e. The molecule has 0 radical (unpaired) electrons. The van der Waals surface area contributed by atoms with Crippen molar-refractivity contribution in [1.82, 2.24) is 29.7 Å². The highest BCUT2D eigenvalue weighted by molar-refractivity contribution is 6.12. The Balaban J connectivity index is 1.42. The summed E-state index contributed by atoms with van der Waals surface area (Å²) < 4.78 is 52.0. The van der Waals surface area contributed by atoms with Gasteiger partial charge in [-0.1, -0.05) is 0 Å². The highest BCUT2D eigenvalue weighted by Crippen LogP contribution is 2.33. The third-order valence-corrected chi connectivity index (χ3v) is 5.40. The van der Waals surface area contributed by atoms with Gasteiger partial charge in [0.05, 0.1) is 11.1 Å². The van der Waals surface area contributed by atoms with E-state index in [9.17, 15) is 27.6 Å². The monoisotopic (exact) mass is 555 g/mol. The number of anilines is 1. The summed E-state index contributed by atoms with van der Waals surface area (Å²) in [4.78, 5) is 50.3. The molecule has 0 unspecified atom stereocenters. The van der Waals surface area contributed by atoms with Gasteiger partial charge in [-0.05, 0) is 63.2 Å². The number of hydrogen-bond donors (Lipinski definition) is 3. The lowest BCUT2D eigenvalue weighted by atomic mass is 10.1. The molecule has 1 amide bonds. The summed E-state index contributed by atoms with van der Waals surface area (Å²) in [5.41, 5.74) is -2.08. The third kappa shape index (κ3) is 5.34. The maximum absolute atomic E-state index is 13.4. The lowest BCUT2D eigenvalue weighted by molar-refractivity contribution is -0.137. The Morgan fingerprint density at radius 1 is 1.00 bits per heavy atom. The molecule has 0 aliphatic carbocycles. The van der Waals surface area contributed by atoms with Gasteiger partial charge in [0.15, 0.2) is 11.3 Å². The Hall–Kier alpha value is -5.21. The van der Waals surface area contributed by atoms with Gasteiger partial charge in [0, 0.05) is 11.1 Å². The number of rotatable bonds is 4. The zero-order chi connectivity index (χ0) is 28.8. The first-order valence-corrected chi connectivity index (χ1v) is 11.6. The number of carbonyl (C=O) groups is 2. The van der Waals surface area contributed by atoms with Crippen LogP contribution in [-0.2, 0) is 10.9 Å². The standard InChI is InChI=1S/C25H20F3N7O5/c1-24(2,3)40-23(38)35-16-9-4-12(25(26,27)28)10-15(16)17(34-35)20(36)31-13-5-7-14(8-6-13)39-21-18-19(29-11-30-21)33-22(37)32-18/h4-11H,1-3H3,(H,31,36)(H2,29,30,32,33,37). The molecule has 2 aromatic carbocycles. The molecule has 3 N–H and O–H groups in total. The number of hydrogen-bond acceptors (Lipinski definition) is 8. The number of aromatic nitrogens is 6. The highest BCUT2D eigenvalue weighted by atomic mass is 19.4. The molecular formula is C25H20F3N7O5. The number of benzene rings is 2. The largest absolute Gasteiger partial charge is 0.442 e. The summed E-state index contributed by atoms with van der Waals surface area (Å²) >= 11 is 0. The molecule has 0 bridgehead atoms. The summed E-state index contributed by atoms with van der Waals surface area (Å²) in [6.45, 7) is 4.85. The predicted molar refractivity (Wildman–Crippen MR) is 135 cm³/mol. The number of H-pyrrole nitrogens is 2. The van der Waals surface area contributed by atoms with Gasteiger partial charge in [-0.3, -0.25) is 14.8 Å². The summed E-state index contributed by atoms with van der Waals surface area (Å²) in [5, 5.41) is 6.35. The van der Waals surface area contributed by atoms with E-state index in [0.29, 0.717) is 5.75 Å². The van der Waals surface area contributed by atoms with Gasteiger partial charge in [0.2, 0.25) is 5.88 Å². The summed E-state index contributed by atoms with van der Waals surface area (Å²) in [5.74, 6) is -0.475. The molecule has 12 nitrogen and oxygen atoms in total. The minimum absolute atomic E-state index is 0.0323. The molecule has 0 fully saturated rings. The Labute approximate surface area is 222 Å². The predicted octanol–water partition coefficient (Wildman–Crippen LogP) is 4.84. The number of ether oxygens (including phenoxy) is 2. The van der Waals surface area contributed by atoms with Gasteiger partial charge in [0.1, 0.15) is 23.2 Å². The molecule has 5 rings (SSSR count). The van der Waals surface area contributed by atoms with Crippen molar-refractivity contribution in [2.24, 2.45) is 0 Å². The number of fused-ring (bicyclic) bond motifs is 2. The fraction of sp³-hybridized carbons (Fsp3) is 0.200. The van der Waals surface area contributed by atoms with E-state index in [0.717, 1.165) is 22.9 Å². The molecule has 0 atom stereocenters. The summed E-state index contributed by atoms with van der Waals surface area (Å²) in [7, 11) is 0. The van der Waals surface area contributed by atoms with E-state index in [1.54, 1.807) is 20.8 Å². The van der Waals surface area contributed by atoms with Crippen molar-refractivity contribution in [3.05, 3.63) is 70.5 Å². The van der Waals surface area contributed by atoms with E-state index in [1.807, 2.05) is 0 Å². The molecule has 0 aliphatic rings. The quantitative estimate of drug-likeness (QED) is 0.284. The SMILES string of the molecule is CC(C)(C)OC(=O)n1nc(C(=O)Nc2ccc(Oc3ncnc4[nH]c(=O)[nH]c34)cc2)c2cc(C(F)(F)F)ccc21. The minimum atomic E-state index is -4.69. The summed E-state index contributed by atoms with van der Waals surface area (Å²) in [6, 6.07) is 8.53. The lowest BCUT2D eigenvalue weighted by Crippen LogP contribution is -2.28. The fourth-order valence-corrected chi connectivity index (χ4v) is 3.72. The molecule has 3 aromatic heterocycles. The average molecular weight is 555 g/mol. The minimum Gasteiger partial charge on any atom is -0.442 e. The zero-order valence-electron chi connectivity index (χ0n) is 21.1. The number of nitrogens with zero attached hydrogens (tertiary/aromatic N) is 4. The van der Waals surface area contributed by atoms with Crippen LogP contribution in [0.15, 0.2) is 53.6 Å². The van der Waals surface area contributed by atoms with Crippen molar-refractivity contribution in [2.45, 2.75) is 32.5 Å². The number of nitrogens with one attached hydrogen (secondary N) is 3. The molecule has 0 spiro atoms. The van der Waals surface area contributed by atoms with Crippen LogP contribution in [0.25, 0.3) is 22.1 Å². The number of aromatic amines is 2. The van der Waals surface area contributed by atoms with Crippen molar-refractivity contribution >= 4 is 39.8 Å². The van der Waals surface area contributed by atoms with Crippen LogP contribution in [0.4, 0.5) is 23.7 Å². The van der Waals surface area contributed by atoms with E-state index < -0.39 is 40.7 Å². The first-order chi connectivity index (χ1) is 18.8. The molecule has 40 heavy (non-hydrogen) atoms. The Morgan fingerprint density at radius 3 is 2.40 bits per heavy atom. The number of amides is 1. The second kappa shape index (κ2) is 9.52. The van der Waals surface area contributed by atoms with Crippen molar-refractivity contribution in [2.75, 3.05) is 5.32 Å². The van der Waals surface area contributed by atoms with E-state index >= 15 is 0 Å². The van der Waals surface area contributed by atoms with Gasteiger partial charge in [-0.25, -0.2) is 14.6 Å². The molecule has 0 saturated heterocycles. The van der Waals surface area contributed by atoms with Crippen LogP contribution >= 0.6 is 0 Å². The molecule has 0 saturated carbocycles. The van der Waals surface area contributed by atoms with Gasteiger partial charge >= 0.3 is 18.0 Å². The molecule has 3 heterocycles. The zero-order valence-corrected chi connectivity index (χ0v) is 21.1. The highest BCUT2D eigenvalue weighted by Gasteiger charge is 2.33. The number of imidazole rings is 1. The van der Waals surface area contributed by atoms with Crippen LogP contribution < -0.4 is 15.7 Å². The van der Waals surface area contributed by atoms with E-state index in [1.165, 1.54) is 30.6 Å².